The van der Waals surface area contributed by atoms with Crippen LogP contribution >= 0.6 is 35.3 Å². The van der Waals surface area contributed by atoms with Crippen LogP contribution in [0.4, 0.5) is 0 Å². The Morgan fingerprint density at radius 2 is 1.88 bits per heavy atom. The number of rotatable bonds is 7. The number of amides is 1. The average Bonchev–Trinajstić information content (AvgIpc) is 3.10. The predicted molar refractivity (Wildman–Crippen MR) is 116 cm³/mol. The monoisotopic (exact) mass is 472 g/mol. The molecule has 0 saturated carbocycles. The van der Waals surface area contributed by atoms with Crippen LogP contribution in [0, 0.1) is 0 Å². The second-order valence-electron chi connectivity index (χ2n) is 5.55. The van der Waals surface area contributed by atoms with Gasteiger partial charge in [-0.1, -0.05) is 36.4 Å². The van der Waals surface area contributed by atoms with E-state index < -0.39 is 0 Å². The summed E-state index contributed by atoms with van der Waals surface area (Å²) in [5, 5.41) is 8.63. The number of aliphatic imine (C=N–C) groups is 1. The van der Waals surface area contributed by atoms with Gasteiger partial charge < -0.3 is 15.5 Å². The van der Waals surface area contributed by atoms with E-state index in [2.05, 4.69) is 33.8 Å². The Kier molecular flexibility index (Phi) is 10.2. The van der Waals surface area contributed by atoms with Crippen LogP contribution in [0.15, 0.2) is 52.8 Å². The van der Waals surface area contributed by atoms with E-state index in [9.17, 15) is 4.79 Å². The number of carbonyl (C=O) groups is 1. The molecule has 0 radical (unpaired) electrons. The fourth-order valence-electron chi connectivity index (χ4n) is 2.02. The number of carbonyl (C=O) groups excluding carboxylic acids is 1. The molecule has 0 spiro atoms. The van der Waals surface area contributed by atoms with Crippen LogP contribution in [0.1, 0.15) is 10.4 Å². The maximum absolute atomic E-state index is 11.7. The number of hydrogen-bond donors (Lipinski definition) is 2. The zero-order chi connectivity index (χ0) is 17.2. The highest BCUT2D eigenvalue weighted by molar-refractivity contribution is 14.0. The molecule has 0 unspecified atom stereocenters. The number of guanidine groups is 1. The molecule has 0 atom stereocenters. The summed E-state index contributed by atoms with van der Waals surface area (Å²) in [7, 11) is 3.47. The Morgan fingerprint density at radius 3 is 2.52 bits per heavy atom. The van der Waals surface area contributed by atoms with Gasteiger partial charge in [0.15, 0.2) is 5.96 Å². The van der Waals surface area contributed by atoms with Crippen molar-refractivity contribution in [1.82, 2.24) is 15.5 Å². The van der Waals surface area contributed by atoms with Gasteiger partial charge in [0.05, 0.1) is 6.54 Å². The van der Waals surface area contributed by atoms with Crippen molar-refractivity contribution >= 4 is 47.2 Å². The van der Waals surface area contributed by atoms with Crippen molar-refractivity contribution in [2.24, 2.45) is 4.99 Å². The first-order chi connectivity index (χ1) is 11.6. The maximum atomic E-state index is 11.7. The SMILES string of the molecule is CN(C)C(=O)CN=C(NCCc1ccccc1)NCc1cccs1.I. The van der Waals surface area contributed by atoms with E-state index in [0.29, 0.717) is 12.5 Å². The van der Waals surface area contributed by atoms with Gasteiger partial charge in [0, 0.05) is 25.5 Å². The number of thiophene rings is 1. The lowest BCUT2D eigenvalue weighted by atomic mass is 10.1. The summed E-state index contributed by atoms with van der Waals surface area (Å²) in [6, 6.07) is 14.4. The summed E-state index contributed by atoms with van der Waals surface area (Å²) in [5.74, 6) is 0.643. The summed E-state index contributed by atoms with van der Waals surface area (Å²) < 4.78 is 0. The molecule has 7 heteroatoms. The van der Waals surface area contributed by atoms with Crippen molar-refractivity contribution in [3.8, 4) is 0 Å². The maximum Gasteiger partial charge on any atom is 0.243 e. The van der Waals surface area contributed by atoms with Crippen LogP contribution in [0.3, 0.4) is 0 Å². The van der Waals surface area contributed by atoms with Gasteiger partial charge in [0.1, 0.15) is 6.54 Å². The first-order valence-corrected chi connectivity index (χ1v) is 8.82. The molecule has 136 valence electrons. The van der Waals surface area contributed by atoms with Gasteiger partial charge in [-0.25, -0.2) is 4.99 Å². The second kappa shape index (κ2) is 11.9. The smallest absolute Gasteiger partial charge is 0.243 e. The molecule has 1 amide bonds. The molecule has 5 nitrogen and oxygen atoms in total. The van der Waals surface area contributed by atoms with Gasteiger partial charge in [-0.3, -0.25) is 4.79 Å². The van der Waals surface area contributed by atoms with E-state index in [4.69, 9.17) is 0 Å². The average molecular weight is 472 g/mol. The highest BCUT2D eigenvalue weighted by atomic mass is 127. The Morgan fingerprint density at radius 1 is 1.12 bits per heavy atom. The van der Waals surface area contributed by atoms with Gasteiger partial charge in [-0.2, -0.15) is 0 Å². The first-order valence-electron chi connectivity index (χ1n) is 7.94. The fraction of sp³-hybridized carbons (Fsp3) is 0.333. The van der Waals surface area contributed by atoms with Gasteiger partial charge in [0.2, 0.25) is 5.91 Å². The molecule has 2 rings (SSSR count). The van der Waals surface area contributed by atoms with Crippen molar-refractivity contribution in [3.05, 3.63) is 58.3 Å². The van der Waals surface area contributed by atoms with Gasteiger partial charge >= 0.3 is 0 Å². The summed E-state index contributed by atoms with van der Waals surface area (Å²) >= 11 is 1.69. The molecule has 1 aromatic heterocycles. The second-order valence-corrected chi connectivity index (χ2v) is 6.58. The van der Waals surface area contributed by atoms with Crippen LogP contribution in [-0.4, -0.2) is 44.0 Å². The number of halogens is 1. The van der Waals surface area contributed by atoms with E-state index in [-0.39, 0.29) is 36.4 Å². The Labute approximate surface area is 170 Å². The minimum absolute atomic E-state index is 0. The zero-order valence-electron chi connectivity index (χ0n) is 14.6. The van der Waals surface area contributed by atoms with Crippen LogP contribution < -0.4 is 10.6 Å². The molecule has 0 aliphatic heterocycles. The van der Waals surface area contributed by atoms with Crippen LogP contribution in [0.5, 0.6) is 0 Å². The van der Waals surface area contributed by atoms with E-state index in [1.54, 1.807) is 30.3 Å². The standard InChI is InChI=1S/C18H24N4OS.HI/c1-22(2)17(23)14-21-18(20-13-16-9-6-12-24-16)19-11-10-15-7-4-3-5-8-15;/h3-9,12H,10-11,13-14H2,1-2H3,(H2,19,20,21);1H. The summed E-state index contributed by atoms with van der Waals surface area (Å²) in [5.41, 5.74) is 1.27. The topological polar surface area (TPSA) is 56.7 Å². The predicted octanol–water partition coefficient (Wildman–Crippen LogP) is 2.73. The molecule has 2 N–H and O–H groups in total. The Bertz CT molecular complexity index is 644. The van der Waals surface area contributed by atoms with Gasteiger partial charge in [0.25, 0.3) is 0 Å². The molecular formula is C18H25IN4OS. The van der Waals surface area contributed by atoms with Crippen LogP contribution in [0.2, 0.25) is 0 Å². The number of nitrogens with zero attached hydrogens (tertiary/aromatic N) is 2. The normalized spacial score (nSPS) is 10.7. The number of benzene rings is 1. The van der Waals surface area contributed by atoms with Gasteiger partial charge in [-0.05, 0) is 23.4 Å². The number of nitrogens with one attached hydrogen (secondary N) is 2. The van der Waals surface area contributed by atoms with Crippen LogP contribution in [-0.2, 0) is 17.8 Å². The molecule has 25 heavy (non-hydrogen) atoms. The van der Waals surface area contributed by atoms with E-state index in [0.717, 1.165) is 13.0 Å². The third-order valence-electron chi connectivity index (χ3n) is 3.43. The third-order valence-corrected chi connectivity index (χ3v) is 4.31. The molecule has 1 aromatic carbocycles. The summed E-state index contributed by atoms with van der Waals surface area (Å²) in [4.78, 5) is 18.9. The van der Waals surface area contributed by atoms with Crippen molar-refractivity contribution in [2.45, 2.75) is 13.0 Å². The number of likely N-dealkylation sites (N-methyl/N-ethyl adjacent to an activating group) is 1. The lowest BCUT2D eigenvalue weighted by Crippen LogP contribution is -2.39. The first kappa shape index (κ1) is 21.4. The summed E-state index contributed by atoms with van der Waals surface area (Å²) in [6.45, 7) is 1.60. The molecule has 0 aliphatic carbocycles. The molecule has 0 fully saturated rings. The molecule has 1 heterocycles. The quantitative estimate of drug-likeness (QED) is 0.370. The van der Waals surface area contributed by atoms with E-state index in [1.807, 2.05) is 29.6 Å². The minimum atomic E-state index is -0.0183. The molecule has 0 aliphatic rings. The minimum Gasteiger partial charge on any atom is -0.356 e. The molecule has 0 saturated heterocycles. The largest absolute Gasteiger partial charge is 0.356 e. The van der Waals surface area contributed by atoms with Crippen molar-refractivity contribution < 1.29 is 4.79 Å². The molecule has 2 aromatic rings. The van der Waals surface area contributed by atoms with E-state index >= 15 is 0 Å². The molecular weight excluding hydrogens is 447 g/mol. The summed E-state index contributed by atoms with van der Waals surface area (Å²) in [6.07, 6.45) is 0.905. The lowest BCUT2D eigenvalue weighted by Gasteiger charge is -2.13. The molecule has 0 bridgehead atoms. The Balaban J connectivity index is 0.00000312. The van der Waals surface area contributed by atoms with Crippen molar-refractivity contribution in [1.29, 1.82) is 0 Å². The highest BCUT2D eigenvalue weighted by Crippen LogP contribution is 2.07. The van der Waals surface area contributed by atoms with E-state index in [1.165, 1.54) is 10.4 Å². The lowest BCUT2D eigenvalue weighted by molar-refractivity contribution is -0.127. The van der Waals surface area contributed by atoms with Crippen molar-refractivity contribution in [3.63, 3.8) is 0 Å². The highest BCUT2D eigenvalue weighted by Gasteiger charge is 2.05. The Hall–Kier alpha value is -1.61. The van der Waals surface area contributed by atoms with Crippen molar-refractivity contribution in [2.75, 3.05) is 27.2 Å². The number of hydrogen-bond acceptors (Lipinski definition) is 3. The zero-order valence-corrected chi connectivity index (χ0v) is 17.7. The fourth-order valence-corrected chi connectivity index (χ4v) is 2.66. The third kappa shape index (κ3) is 8.35. The van der Waals surface area contributed by atoms with Gasteiger partial charge in [-0.15, -0.1) is 35.3 Å². The van der Waals surface area contributed by atoms with Crippen LogP contribution in [0.25, 0.3) is 0 Å².